The van der Waals surface area contributed by atoms with Crippen LogP contribution in [0.5, 0.6) is 0 Å². The predicted octanol–water partition coefficient (Wildman–Crippen LogP) is 0.846. The fraction of sp³-hybridized carbons (Fsp3) is 0.538. The summed E-state index contributed by atoms with van der Waals surface area (Å²) >= 11 is 0. The van der Waals surface area contributed by atoms with Crippen molar-refractivity contribution in [2.24, 2.45) is 11.1 Å². The molecule has 2 N–H and O–H groups in total. The standard InChI is InChI=1S/C13H18N2O/c14-12-7-15(8-13(12)9-16-10-13)6-11-4-2-1-3-5-11/h1-5,12H,6-10,14H2/t12-/m1/s1. The largest absolute Gasteiger partial charge is 0.380 e. The minimum absolute atomic E-state index is 0.259. The Morgan fingerprint density at radius 3 is 2.62 bits per heavy atom. The van der Waals surface area contributed by atoms with E-state index in [0.29, 0.717) is 0 Å². The number of hydrogen-bond donors (Lipinski definition) is 1. The second-order valence-corrected chi connectivity index (χ2v) is 5.12. The molecule has 0 radical (unpaired) electrons. The normalized spacial score (nSPS) is 28.2. The maximum Gasteiger partial charge on any atom is 0.0572 e. The van der Waals surface area contributed by atoms with E-state index in [1.165, 1.54) is 5.56 Å². The van der Waals surface area contributed by atoms with Gasteiger partial charge in [0.1, 0.15) is 0 Å². The van der Waals surface area contributed by atoms with Crippen LogP contribution in [0.3, 0.4) is 0 Å². The van der Waals surface area contributed by atoms with Gasteiger partial charge in [-0.05, 0) is 5.56 Å². The summed E-state index contributed by atoms with van der Waals surface area (Å²) in [4.78, 5) is 2.45. The molecular weight excluding hydrogens is 200 g/mol. The van der Waals surface area contributed by atoms with Crippen molar-refractivity contribution in [2.75, 3.05) is 26.3 Å². The molecule has 2 fully saturated rings. The van der Waals surface area contributed by atoms with Crippen molar-refractivity contribution in [3.05, 3.63) is 35.9 Å². The van der Waals surface area contributed by atoms with E-state index in [2.05, 4.69) is 35.2 Å². The zero-order valence-corrected chi connectivity index (χ0v) is 9.43. The van der Waals surface area contributed by atoms with Crippen molar-refractivity contribution in [1.29, 1.82) is 0 Å². The van der Waals surface area contributed by atoms with Crippen molar-refractivity contribution in [2.45, 2.75) is 12.6 Å². The summed E-state index contributed by atoms with van der Waals surface area (Å²) in [6, 6.07) is 10.9. The monoisotopic (exact) mass is 218 g/mol. The highest BCUT2D eigenvalue weighted by Crippen LogP contribution is 2.37. The maximum atomic E-state index is 6.20. The number of nitrogens with zero attached hydrogens (tertiary/aromatic N) is 1. The molecule has 0 unspecified atom stereocenters. The first-order valence-corrected chi connectivity index (χ1v) is 5.88. The third-order valence-corrected chi connectivity index (χ3v) is 3.81. The van der Waals surface area contributed by atoms with E-state index in [4.69, 9.17) is 10.5 Å². The molecule has 1 aromatic carbocycles. The summed E-state index contributed by atoms with van der Waals surface area (Å²) in [6.07, 6.45) is 0. The molecule has 2 aliphatic heterocycles. The zero-order chi connectivity index (χ0) is 11.0. The second kappa shape index (κ2) is 3.84. The summed E-state index contributed by atoms with van der Waals surface area (Å²) < 4.78 is 5.32. The Morgan fingerprint density at radius 1 is 1.31 bits per heavy atom. The fourth-order valence-electron chi connectivity index (χ4n) is 2.73. The van der Waals surface area contributed by atoms with Crippen LogP contribution in [0.2, 0.25) is 0 Å². The molecule has 86 valence electrons. The fourth-order valence-corrected chi connectivity index (χ4v) is 2.73. The zero-order valence-electron chi connectivity index (χ0n) is 9.43. The minimum Gasteiger partial charge on any atom is -0.380 e. The Balaban J connectivity index is 1.66. The summed E-state index contributed by atoms with van der Waals surface area (Å²) in [6.45, 7) is 4.79. The van der Waals surface area contributed by atoms with Crippen molar-refractivity contribution < 1.29 is 4.74 Å². The summed E-state index contributed by atoms with van der Waals surface area (Å²) in [5.41, 5.74) is 7.82. The lowest BCUT2D eigenvalue weighted by Gasteiger charge is -2.40. The molecule has 0 bridgehead atoms. The molecule has 16 heavy (non-hydrogen) atoms. The van der Waals surface area contributed by atoms with E-state index in [-0.39, 0.29) is 11.5 Å². The summed E-state index contributed by atoms with van der Waals surface area (Å²) in [5, 5.41) is 0. The van der Waals surface area contributed by atoms with Gasteiger partial charge < -0.3 is 10.5 Å². The number of nitrogens with two attached hydrogens (primary N) is 1. The second-order valence-electron chi connectivity index (χ2n) is 5.12. The van der Waals surface area contributed by atoms with Crippen LogP contribution in [0, 0.1) is 5.41 Å². The van der Waals surface area contributed by atoms with Crippen LogP contribution >= 0.6 is 0 Å². The van der Waals surface area contributed by atoms with Gasteiger partial charge in [0.15, 0.2) is 0 Å². The van der Waals surface area contributed by atoms with Gasteiger partial charge in [-0.15, -0.1) is 0 Å². The maximum absolute atomic E-state index is 6.20. The van der Waals surface area contributed by atoms with Gasteiger partial charge in [0.05, 0.1) is 13.2 Å². The molecule has 0 saturated carbocycles. The molecule has 1 aromatic rings. The molecule has 0 aliphatic carbocycles. The van der Waals surface area contributed by atoms with E-state index >= 15 is 0 Å². The molecule has 2 saturated heterocycles. The lowest BCUT2D eigenvalue weighted by Crippen LogP contribution is -2.54. The Kier molecular flexibility index (Phi) is 2.46. The molecule has 3 heteroatoms. The third kappa shape index (κ3) is 1.65. The molecule has 1 spiro atoms. The van der Waals surface area contributed by atoms with Gasteiger partial charge in [0, 0.05) is 31.1 Å². The van der Waals surface area contributed by atoms with E-state index in [1.54, 1.807) is 0 Å². The molecule has 0 amide bonds. The Morgan fingerprint density at radius 2 is 2.06 bits per heavy atom. The van der Waals surface area contributed by atoms with Crippen LogP contribution < -0.4 is 5.73 Å². The number of likely N-dealkylation sites (tertiary alicyclic amines) is 1. The number of ether oxygens (including phenoxy) is 1. The summed E-state index contributed by atoms with van der Waals surface area (Å²) in [5.74, 6) is 0. The van der Waals surface area contributed by atoms with Crippen molar-refractivity contribution in [1.82, 2.24) is 4.90 Å². The van der Waals surface area contributed by atoms with Crippen LogP contribution in [0.15, 0.2) is 30.3 Å². The highest BCUT2D eigenvalue weighted by Gasteiger charge is 2.50. The topological polar surface area (TPSA) is 38.5 Å². The van der Waals surface area contributed by atoms with E-state index in [9.17, 15) is 0 Å². The first-order chi connectivity index (χ1) is 7.78. The number of rotatable bonds is 2. The molecular formula is C13H18N2O. The van der Waals surface area contributed by atoms with E-state index in [1.807, 2.05) is 0 Å². The van der Waals surface area contributed by atoms with Crippen molar-refractivity contribution in [3.8, 4) is 0 Å². The van der Waals surface area contributed by atoms with Crippen molar-refractivity contribution in [3.63, 3.8) is 0 Å². The van der Waals surface area contributed by atoms with Crippen LogP contribution in [0.25, 0.3) is 0 Å². The Hall–Kier alpha value is -0.900. The van der Waals surface area contributed by atoms with Crippen LogP contribution in [-0.2, 0) is 11.3 Å². The molecule has 3 nitrogen and oxygen atoms in total. The lowest BCUT2D eigenvalue weighted by molar-refractivity contribution is -0.112. The average Bonchev–Trinajstić information content (AvgIpc) is 2.56. The highest BCUT2D eigenvalue weighted by molar-refractivity contribution is 5.15. The van der Waals surface area contributed by atoms with Gasteiger partial charge in [0.25, 0.3) is 0 Å². The lowest BCUT2D eigenvalue weighted by atomic mass is 9.82. The smallest absolute Gasteiger partial charge is 0.0572 e. The van der Waals surface area contributed by atoms with Gasteiger partial charge in [-0.3, -0.25) is 4.90 Å². The molecule has 0 aromatic heterocycles. The third-order valence-electron chi connectivity index (χ3n) is 3.81. The highest BCUT2D eigenvalue weighted by atomic mass is 16.5. The number of benzene rings is 1. The summed E-state index contributed by atoms with van der Waals surface area (Å²) in [7, 11) is 0. The number of hydrogen-bond acceptors (Lipinski definition) is 3. The minimum atomic E-state index is 0.259. The first-order valence-electron chi connectivity index (χ1n) is 5.88. The van der Waals surface area contributed by atoms with Gasteiger partial charge in [0.2, 0.25) is 0 Å². The van der Waals surface area contributed by atoms with Crippen LogP contribution in [0.4, 0.5) is 0 Å². The van der Waals surface area contributed by atoms with Gasteiger partial charge >= 0.3 is 0 Å². The predicted molar refractivity (Wildman–Crippen MR) is 62.9 cm³/mol. The van der Waals surface area contributed by atoms with E-state index in [0.717, 1.165) is 32.8 Å². The molecule has 2 heterocycles. The van der Waals surface area contributed by atoms with Crippen LogP contribution in [-0.4, -0.2) is 37.2 Å². The first kappa shape index (κ1) is 10.3. The van der Waals surface area contributed by atoms with Crippen molar-refractivity contribution >= 4 is 0 Å². The molecule has 2 aliphatic rings. The Bertz CT molecular complexity index is 361. The quantitative estimate of drug-likeness (QED) is 0.799. The van der Waals surface area contributed by atoms with Crippen LogP contribution in [0.1, 0.15) is 5.56 Å². The molecule has 1 atom stereocenters. The molecule has 3 rings (SSSR count). The van der Waals surface area contributed by atoms with Gasteiger partial charge in [-0.2, -0.15) is 0 Å². The van der Waals surface area contributed by atoms with E-state index < -0.39 is 0 Å². The Labute approximate surface area is 96.2 Å². The van der Waals surface area contributed by atoms with Gasteiger partial charge in [-0.25, -0.2) is 0 Å². The average molecular weight is 218 g/mol. The van der Waals surface area contributed by atoms with Gasteiger partial charge in [-0.1, -0.05) is 30.3 Å². The SMILES string of the molecule is N[C@@H]1CN(Cc2ccccc2)CC12COC2.